The number of carbonyl (C=O) groups is 1. The zero-order valence-corrected chi connectivity index (χ0v) is 15.0. The van der Waals surface area contributed by atoms with Crippen LogP contribution in [-0.4, -0.2) is 20.1 Å². The second-order valence-corrected chi connectivity index (χ2v) is 5.62. The van der Waals surface area contributed by atoms with Crippen LogP contribution in [0.1, 0.15) is 5.56 Å². The summed E-state index contributed by atoms with van der Waals surface area (Å²) in [5, 5.41) is 12.4. The maximum absolute atomic E-state index is 12.4. The molecule has 0 aliphatic rings. The predicted molar refractivity (Wildman–Crippen MR) is 98.2 cm³/mol. The van der Waals surface area contributed by atoms with Gasteiger partial charge in [0, 0.05) is 11.6 Å². The number of nitriles is 1. The Morgan fingerprint density at radius 1 is 1.20 bits per heavy atom. The Labute approximate surface area is 155 Å². The van der Waals surface area contributed by atoms with Crippen molar-refractivity contribution in [3.8, 4) is 17.6 Å². The maximum Gasteiger partial charge on any atom is 0.266 e. The second-order valence-electron chi connectivity index (χ2n) is 4.83. The van der Waals surface area contributed by atoms with Crippen molar-refractivity contribution < 1.29 is 14.3 Å². The number of halogens is 2. The molecule has 0 aliphatic carbocycles. The quantitative estimate of drug-likeness (QED) is 0.613. The lowest BCUT2D eigenvalue weighted by atomic mass is 10.1. The highest BCUT2D eigenvalue weighted by Gasteiger charge is 2.14. The Kier molecular flexibility index (Phi) is 6.29. The zero-order chi connectivity index (χ0) is 18.4. The molecule has 7 heteroatoms. The van der Waals surface area contributed by atoms with E-state index in [0.717, 1.165) is 0 Å². The Morgan fingerprint density at radius 3 is 2.60 bits per heavy atom. The summed E-state index contributed by atoms with van der Waals surface area (Å²) >= 11 is 12.0. The third-order valence-corrected chi connectivity index (χ3v) is 4.12. The number of rotatable bonds is 5. The molecule has 1 amide bonds. The van der Waals surface area contributed by atoms with Gasteiger partial charge >= 0.3 is 0 Å². The summed E-state index contributed by atoms with van der Waals surface area (Å²) in [5.74, 6) is 0.466. The average Bonchev–Trinajstić information content (AvgIpc) is 2.63. The molecule has 0 bridgehead atoms. The molecule has 0 spiro atoms. The Hall–Kier alpha value is -2.68. The summed E-state index contributed by atoms with van der Waals surface area (Å²) in [6.45, 7) is 0. The molecule has 2 aromatic rings. The second kappa shape index (κ2) is 8.43. The normalized spacial score (nSPS) is 10.8. The highest BCUT2D eigenvalue weighted by molar-refractivity contribution is 6.44. The zero-order valence-electron chi connectivity index (χ0n) is 13.5. The van der Waals surface area contributed by atoms with E-state index in [2.05, 4.69) is 5.32 Å². The molecule has 0 radical (unpaired) electrons. The molecule has 0 heterocycles. The van der Waals surface area contributed by atoms with Crippen LogP contribution < -0.4 is 14.8 Å². The van der Waals surface area contributed by atoms with Gasteiger partial charge in [-0.1, -0.05) is 29.3 Å². The molecular weight excluding hydrogens is 363 g/mol. The topological polar surface area (TPSA) is 71.3 Å². The van der Waals surface area contributed by atoms with Crippen molar-refractivity contribution >= 4 is 40.9 Å². The molecule has 0 aromatic heterocycles. The van der Waals surface area contributed by atoms with Crippen LogP contribution in [0.5, 0.6) is 11.5 Å². The van der Waals surface area contributed by atoms with Crippen LogP contribution >= 0.6 is 23.2 Å². The molecule has 1 N–H and O–H groups in total. The van der Waals surface area contributed by atoms with Gasteiger partial charge in [-0.05, 0) is 30.3 Å². The predicted octanol–water partition coefficient (Wildman–Crippen LogP) is 4.56. The van der Waals surface area contributed by atoms with Gasteiger partial charge in [-0.15, -0.1) is 0 Å². The lowest BCUT2D eigenvalue weighted by Crippen LogP contribution is -2.13. The number of methoxy groups -OCH3 is 2. The molecule has 0 aliphatic heterocycles. The Bertz CT molecular complexity index is 873. The number of carbonyl (C=O) groups excluding carboxylic acids is 1. The monoisotopic (exact) mass is 376 g/mol. The standard InChI is InChI=1S/C18H14Cl2N2O3/c1-24-13-7-6-11(16(9-13)25-2)8-12(10-21)18(23)22-15-5-3-4-14(19)17(15)20/h3-9H,1-2H3,(H,22,23)/b12-8+. The average molecular weight is 377 g/mol. The molecule has 2 rings (SSSR count). The van der Waals surface area contributed by atoms with E-state index in [1.54, 1.807) is 36.4 Å². The lowest BCUT2D eigenvalue weighted by Gasteiger charge is -2.09. The molecule has 2 aromatic carbocycles. The van der Waals surface area contributed by atoms with Gasteiger partial charge in [0.05, 0.1) is 30.0 Å². The SMILES string of the molecule is COc1ccc(/C=C(\C#N)C(=O)Nc2cccc(Cl)c2Cl)c(OC)c1. The van der Waals surface area contributed by atoms with Crippen molar-refractivity contribution in [2.45, 2.75) is 0 Å². The minimum Gasteiger partial charge on any atom is -0.497 e. The highest BCUT2D eigenvalue weighted by Crippen LogP contribution is 2.30. The van der Waals surface area contributed by atoms with Crippen LogP contribution in [0.15, 0.2) is 42.0 Å². The lowest BCUT2D eigenvalue weighted by molar-refractivity contribution is -0.112. The number of ether oxygens (including phenoxy) is 2. The Morgan fingerprint density at radius 2 is 1.96 bits per heavy atom. The van der Waals surface area contributed by atoms with E-state index < -0.39 is 5.91 Å². The first-order valence-corrected chi connectivity index (χ1v) is 7.85. The van der Waals surface area contributed by atoms with Crippen LogP contribution in [0.25, 0.3) is 6.08 Å². The highest BCUT2D eigenvalue weighted by atomic mass is 35.5. The van der Waals surface area contributed by atoms with E-state index in [4.69, 9.17) is 32.7 Å². The van der Waals surface area contributed by atoms with Gasteiger partial charge in [0.1, 0.15) is 23.1 Å². The molecule has 0 fully saturated rings. The fourth-order valence-corrected chi connectivity index (χ4v) is 2.38. The van der Waals surface area contributed by atoms with E-state index >= 15 is 0 Å². The molecule has 25 heavy (non-hydrogen) atoms. The van der Waals surface area contributed by atoms with Crippen LogP contribution in [0, 0.1) is 11.3 Å². The number of amides is 1. The van der Waals surface area contributed by atoms with E-state index in [-0.39, 0.29) is 10.6 Å². The number of hydrogen-bond acceptors (Lipinski definition) is 4. The van der Waals surface area contributed by atoms with E-state index in [9.17, 15) is 10.1 Å². The smallest absolute Gasteiger partial charge is 0.266 e. The van der Waals surface area contributed by atoms with Crippen molar-refractivity contribution in [1.82, 2.24) is 0 Å². The third kappa shape index (κ3) is 4.44. The van der Waals surface area contributed by atoms with Crippen molar-refractivity contribution in [3.05, 3.63) is 57.6 Å². The molecule has 0 saturated heterocycles. The van der Waals surface area contributed by atoms with Crippen LogP contribution in [0.3, 0.4) is 0 Å². The molecule has 0 atom stereocenters. The summed E-state index contributed by atoms with van der Waals surface area (Å²) in [6, 6.07) is 11.8. The number of hydrogen-bond donors (Lipinski definition) is 1. The van der Waals surface area contributed by atoms with Gasteiger partial charge in [-0.2, -0.15) is 5.26 Å². The van der Waals surface area contributed by atoms with Gasteiger partial charge in [-0.3, -0.25) is 4.79 Å². The van der Waals surface area contributed by atoms with Crippen molar-refractivity contribution in [2.75, 3.05) is 19.5 Å². The van der Waals surface area contributed by atoms with Crippen molar-refractivity contribution in [3.63, 3.8) is 0 Å². The summed E-state index contributed by atoms with van der Waals surface area (Å²) in [4.78, 5) is 12.4. The third-order valence-electron chi connectivity index (χ3n) is 3.31. The maximum atomic E-state index is 12.4. The van der Waals surface area contributed by atoms with Crippen LogP contribution in [0.2, 0.25) is 10.0 Å². The minimum atomic E-state index is -0.607. The first-order chi connectivity index (χ1) is 12.0. The van der Waals surface area contributed by atoms with Crippen LogP contribution in [-0.2, 0) is 4.79 Å². The first kappa shape index (κ1) is 18.7. The molecule has 128 valence electrons. The summed E-state index contributed by atoms with van der Waals surface area (Å²) in [7, 11) is 3.02. The number of nitrogens with zero attached hydrogens (tertiary/aromatic N) is 1. The molecule has 0 unspecified atom stereocenters. The minimum absolute atomic E-state index is 0.112. The summed E-state index contributed by atoms with van der Waals surface area (Å²) in [6.07, 6.45) is 1.42. The van der Waals surface area contributed by atoms with Crippen molar-refractivity contribution in [1.29, 1.82) is 5.26 Å². The first-order valence-electron chi connectivity index (χ1n) is 7.09. The number of benzene rings is 2. The van der Waals surface area contributed by atoms with E-state index in [1.165, 1.54) is 20.3 Å². The van der Waals surface area contributed by atoms with Gasteiger partial charge in [0.2, 0.25) is 0 Å². The van der Waals surface area contributed by atoms with Gasteiger partial charge in [0.25, 0.3) is 5.91 Å². The largest absolute Gasteiger partial charge is 0.497 e. The molecular formula is C18H14Cl2N2O3. The molecule has 0 saturated carbocycles. The van der Waals surface area contributed by atoms with Gasteiger partial charge < -0.3 is 14.8 Å². The number of nitrogens with one attached hydrogen (secondary N) is 1. The fourth-order valence-electron chi connectivity index (χ4n) is 2.03. The van der Waals surface area contributed by atoms with Gasteiger partial charge in [-0.25, -0.2) is 0 Å². The molecule has 5 nitrogen and oxygen atoms in total. The fraction of sp³-hybridized carbons (Fsp3) is 0.111. The van der Waals surface area contributed by atoms with Crippen LogP contribution in [0.4, 0.5) is 5.69 Å². The Balaban J connectivity index is 2.33. The summed E-state index contributed by atoms with van der Waals surface area (Å²) in [5.41, 5.74) is 0.772. The van der Waals surface area contributed by atoms with Crippen molar-refractivity contribution in [2.24, 2.45) is 0 Å². The number of anilines is 1. The van der Waals surface area contributed by atoms with Gasteiger partial charge in [0.15, 0.2) is 0 Å². The summed E-state index contributed by atoms with van der Waals surface area (Å²) < 4.78 is 10.4. The van der Waals surface area contributed by atoms with E-state index in [1.807, 2.05) is 6.07 Å². The van der Waals surface area contributed by atoms with E-state index in [0.29, 0.717) is 27.8 Å².